The minimum Gasteiger partial charge on any atom is -0.350 e. The van der Waals surface area contributed by atoms with Crippen molar-refractivity contribution in [2.45, 2.75) is 19.9 Å². The van der Waals surface area contributed by atoms with Crippen LogP contribution >= 0.6 is 11.3 Å². The molecule has 1 atom stereocenters. The number of hydrogen-bond donors (Lipinski definition) is 1. The Morgan fingerprint density at radius 3 is 2.75 bits per heavy atom. The van der Waals surface area contributed by atoms with Crippen molar-refractivity contribution in [1.82, 2.24) is 15.1 Å². The van der Waals surface area contributed by atoms with Crippen molar-refractivity contribution in [3.05, 3.63) is 75.5 Å². The average Bonchev–Trinajstić information content (AvgIpc) is 3.18. The van der Waals surface area contributed by atoms with E-state index in [4.69, 9.17) is 0 Å². The van der Waals surface area contributed by atoms with E-state index in [-0.39, 0.29) is 11.9 Å². The number of halogens is 1. The third-order valence-corrected chi connectivity index (χ3v) is 4.73. The van der Waals surface area contributed by atoms with Crippen molar-refractivity contribution in [1.29, 1.82) is 0 Å². The molecule has 0 radical (unpaired) electrons. The molecule has 1 unspecified atom stereocenters. The summed E-state index contributed by atoms with van der Waals surface area (Å²) in [6.45, 7) is 4.33. The van der Waals surface area contributed by atoms with Gasteiger partial charge < -0.3 is 5.32 Å². The van der Waals surface area contributed by atoms with Crippen LogP contribution in [0.4, 0.5) is 4.39 Å². The van der Waals surface area contributed by atoms with Gasteiger partial charge in [0.25, 0.3) is 5.91 Å². The lowest BCUT2D eigenvalue weighted by molar-refractivity contribution is 0.0948. The molecule has 2 aromatic heterocycles. The van der Waals surface area contributed by atoms with Crippen LogP contribution in [-0.4, -0.2) is 22.2 Å². The van der Waals surface area contributed by atoms with Crippen LogP contribution < -0.4 is 5.32 Å². The van der Waals surface area contributed by atoms with Crippen molar-refractivity contribution in [3.63, 3.8) is 0 Å². The summed E-state index contributed by atoms with van der Waals surface area (Å²) in [5.41, 5.74) is 2.28. The Hall–Kier alpha value is -2.47. The maximum absolute atomic E-state index is 13.3. The van der Waals surface area contributed by atoms with Gasteiger partial charge in [0, 0.05) is 22.7 Å². The molecule has 1 N–H and O–H groups in total. The lowest BCUT2D eigenvalue weighted by Gasteiger charge is -2.19. The van der Waals surface area contributed by atoms with Gasteiger partial charge in [-0.1, -0.05) is 12.1 Å². The molecule has 3 aromatic rings. The van der Waals surface area contributed by atoms with Gasteiger partial charge in [0.15, 0.2) is 0 Å². The molecule has 1 amide bonds. The minimum absolute atomic E-state index is 0.0868. The first-order chi connectivity index (χ1) is 11.5. The van der Waals surface area contributed by atoms with E-state index in [1.54, 1.807) is 17.4 Å². The Labute approximate surface area is 143 Å². The second kappa shape index (κ2) is 6.97. The lowest BCUT2D eigenvalue weighted by Crippen LogP contribution is -2.31. The quantitative estimate of drug-likeness (QED) is 0.767. The molecule has 0 aliphatic carbocycles. The molecule has 4 nitrogen and oxygen atoms in total. The number of nitrogens with one attached hydrogen (secondary N) is 1. The molecule has 0 fully saturated rings. The van der Waals surface area contributed by atoms with Crippen LogP contribution in [0.2, 0.25) is 0 Å². The Bertz CT molecular complexity index is 842. The van der Waals surface area contributed by atoms with E-state index in [9.17, 15) is 9.18 Å². The Kier molecular flexibility index (Phi) is 4.76. The van der Waals surface area contributed by atoms with Gasteiger partial charge in [-0.15, -0.1) is 11.3 Å². The zero-order valence-corrected chi connectivity index (χ0v) is 14.3. The minimum atomic E-state index is -0.420. The first-order valence-electron chi connectivity index (χ1n) is 7.64. The van der Waals surface area contributed by atoms with Crippen molar-refractivity contribution < 1.29 is 9.18 Å². The van der Waals surface area contributed by atoms with Gasteiger partial charge in [-0.25, -0.2) is 4.39 Å². The fourth-order valence-electron chi connectivity index (χ4n) is 2.67. The molecule has 0 aliphatic heterocycles. The summed E-state index contributed by atoms with van der Waals surface area (Å²) in [4.78, 5) is 13.4. The molecule has 6 heteroatoms. The van der Waals surface area contributed by atoms with Gasteiger partial charge >= 0.3 is 0 Å². The predicted octanol–water partition coefficient (Wildman–Crippen LogP) is 3.72. The fraction of sp³-hybridized carbons (Fsp3) is 0.222. The largest absolute Gasteiger partial charge is 0.350 e. The molecule has 3 rings (SSSR count). The maximum atomic E-state index is 13.3. The Morgan fingerprint density at radius 2 is 2.12 bits per heavy atom. The lowest BCUT2D eigenvalue weighted by atomic mass is 10.2. The first-order valence-corrected chi connectivity index (χ1v) is 8.52. The monoisotopic (exact) mass is 343 g/mol. The SMILES string of the molecule is Cc1cc(C)n(C(CNC(=O)c2cccc(F)c2)c2cccs2)n1. The van der Waals surface area contributed by atoms with Crippen molar-refractivity contribution in [2.24, 2.45) is 0 Å². The number of hydrogen-bond acceptors (Lipinski definition) is 3. The third-order valence-electron chi connectivity index (χ3n) is 3.75. The van der Waals surface area contributed by atoms with Crippen LogP contribution in [-0.2, 0) is 0 Å². The average molecular weight is 343 g/mol. The number of thiophene rings is 1. The number of benzene rings is 1. The van der Waals surface area contributed by atoms with Crippen LogP contribution in [0.1, 0.15) is 32.7 Å². The third kappa shape index (κ3) is 3.54. The van der Waals surface area contributed by atoms with Crippen molar-refractivity contribution in [2.75, 3.05) is 6.54 Å². The molecule has 24 heavy (non-hydrogen) atoms. The fourth-order valence-corrected chi connectivity index (χ4v) is 3.48. The molecular formula is C18H18FN3OS. The van der Waals surface area contributed by atoms with E-state index in [1.165, 1.54) is 18.2 Å². The number of carbonyl (C=O) groups excluding carboxylic acids is 1. The summed E-state index contributed by atoms with van der Waals surface area (Å²) >= 11 is 1.62. The highest BCUT2D eigenvalue weighted by Crippen LogP contribution is 2.24. The summed E-state index contributed by atoms with van der Waals surface area (Å²) < 4.78 is 15.2. The number of nitrogens with zero attached hydrogens (tertiary/aromatic N) is 2. The molecule has 0 saturated heterocycles. The Balaban J connectivity index is 1.80. The number of amides is 1. The normalized spacial score (nSPS) is 12.1. The standard InChI is InChI=1S/C18H18FN3OS/c1-12-9-13(2)22(21-12)16(17-7-4-8-24-17)11-20-18(23)14-5-3-6-15(19)10-14/h3-10,16H,11H2,1-2H3,(H,20,23). The summed E-state index contributed by atoms with van der Waals surface area (Å²) in [5, 5.41) is 9.44. The number of rotatable bonds is 5. The van der Waals surface area contributed by atoms with Gasteiger partial charge in [0.1, 0.15) is 11.9 Å². The van der Waals surface area contributed by atoms with Crippen LogP contribution in [0.15, 0.2) is 47.8 Å². The smallest absolute Gasteiger partial charge is 0.251 e. The van der Waals surface area contributed by atoms with E-state index in [1.807, 2.05) is 42.1 Å². The topological polar surface area (TPSA) is 46.9 Å². The summed E-state index contributed by atoms with van der Waals surface area (Å²) in [5.74, 6) is -0.714. The highest BCUT2D eigenvalue weighted by Gasteiger charge is 2.19. The molecule has 124 valence electrons. The number of aryl methyl sites for hydroxylation is 2. The van der Waals surface area contributed by atoms with E-state index in [0.717, 1.165) is 16.3 Å². The highest BCUT2D eigenvalue weighted by molar-refractivity contribution is 7.10. The number of aromatic nitrogens is 2. The molecule has 0 saturated carbocycles. The van der Waals surface area contributed by atoms with Crippen molar-refractivity contribution >= 4 is 17.2 Å². The molecule has 0 spiro atoms. The molecular weight excluding hydrogens is 325 g/mol. The second-order valence-electron chi connectivity index (χ2n) is 5.62. The van der Waals surface area contributed by atoms with E-state index in [0.29, 0.717) is 12.1 Å². The summed E-state index contributed by atoms with van der Waals surface area (Å²) in [7, 11) is 0. The van der Waals surface area contributed by atoms with Crippen LogP contribution in [0.3, 0.4) is 0 Å². The van der Waals surface area contributed by atoms with Crippen LogP contribution in [0.5, 0.6) is 0 Å². The molecule has 1 aromatic carbocycles. The van der Waals surface area contributed by atoms with Crippen molar-refractivity contribution in [3.8, 4) is 0 Å². The molecule has 0 bridgehead atoms. The zero-order valence-electron chi connectivity index (χ0n) is 13.5. The Morgan fingerprint density at radius 1 is 1.29 bits per heavy atom. The van der Waals surface area contributed by atoms with Gasteiger partial charge in [-0.05, 0) is 49.6 Å². The summed E-state index contributed by atoms with van der Waals surface area (Å²) in [6, 6.07) is 11.6. The van der Waals surface area contributed by atoms with E-state index >= 15 is 0 Å². The predicted molar refractivity (Wildman–Crippen MR) is 92.9 cm³/mol. The molecule has 2 heterocycles. The zero-order chi connectivity index (χ0) is 17.1. The van der Waals surface area contributed by atoms with E-state index in [2.05, 4.69) is 10.4 Å². The summed E-state index contributed by atoms with van der Waals surface area (Å²) in [6.07, 6.45) is 0. The van der Waals surface area contributed by atoms with Gasteiger partial charge in [0.2, 0.25) is 0 Å². The van der Waals surface area contributed by atoms with Gasteiger partial charge in [-0.3, -0.25) is 9.48 Å². The first kappa shape index (κ1) is 16.4. The molecule has 0 aliphatic rings. The second-order valence-corrected chi connectivity index (χ2v) is 6.60. The van der Waals surface area contributed by atoms with E-state index < -0.39 is 5.82 Å². The maximum Gasteiger partial charge on any atom is 0.251 e. The van der Waals surface area contributed by atoms with Gasteiger partial charge in [0.05, 0.1) is 5.69 Å². The number of carbonyl (C=O) groups is 1. The highest BCUT2D eigenvalue weighted by atomic mass is 32.1. The van der Waals surface area contributed by atoms with Crippen LogP contribution in [0, 0.1) is 19.7 Å². The van der Waals surface area contributed by atoms with Crippen LogP contribution in [0.25, 0.3) is 0 Å². The van der Waals surface area contributed by atoms with Gasteiger partial charge in [-0.2, -0.15) is 5.10 Å².